The van der Waals surface area contributed by atoms with Gasteiger partial charge in [0.25, 0.3) is 5.91 Å². The number of amides is 1. The van der Waals surface area contributed by atoms with Crippen molar-refractivity contribution < 1.29 is 9.53 Å². The quantitative estimate of drug-likeness (QED) is 0.923. The molecule has 1 fully saturated rings. The Morgan fingerprint density at radius 3 is 2.55 bits per heavy atom. The Balaban J connectivity index is 2.14. The van der Waals surface area contributed by atoms with Gasteiger partial charge in [-0.15, -0.1) is 0 Å². The third kappa shape index (κ3) is 3.31. The molecule has 1 N–H and O–H groups in total. The molecule has 1 amide bonds. The molecule has 1 saturated heterocycles. The number of carbonyl (C=O) groups excluding carboxylic acids is 1. The number of nitrogens with one attached hydrogen (secondary N) is 1. The van der Waals surface area contributed by atoms with E-state index in [1.54, 1.807) is 0 Å². The van der Waals surface area contributed by atoms with Crippen LogP contribution in [0.4, 0.5) is 5.69 Å². The van der Waals surface area contributed by atoms with Crippen LogP contribution in [0.5, 0.6) is 0 Å². The first-order valence-corrected chi connectivity index (χ1v) is 7.30. The highest BCUT2D eigenvalue weighted by molar-refractivity contribution is 5.95. The number of rotatable bonds is 3. The van der Waals surface area contributed by atoms with Crippen LogP contribution in [0.25, 0.3) is 0 Å². The Morgan fingerprint density at radius 1 is 1.35 bits per heavy atom. The molecule has 20 heavy (non-hydrogen) atoms. The van der Waals surface area contributed by atoms with Gasteiger partial charge in [-0.05, 0) is 51.5 Å². The van der Waals surface area contributed by atoms with Crippen LogP contribution in [0.15, 0.2) is 18.2 Å². The van der Waals surface area contributed by atoms with E-state index in [1.807, 2.05) is 43.9 Å². The van der Waals surface area contributed by atoms with Gasteiger partial charge in [-0.25, -0.2) is 0 Å². The van der Waals surface area contributed by atoms with Crippen LogP contribution >= 0.6 is 0 Å². The third-order valence-corrected chi connectivity index (χ3v) is 3.55. The van der Waals surface area contributed by atoms with Crippen LogP contribution in [0.2, 0.25) is 0 Å². The smallest absolute Gasteiger partial charge is 0.254 e. The van der Waals surface area contributed by atoms with E-state index in [1.165, 1.54) is 0 Å². The molecule has 0 aromatic heterocycles. The topological polar surface area (TPSA) is 41.6 Å². The lowest BCUT2D eigenvalue weighted by atomic mass is 10.1. The van der Waals surface area contributed by atoms with Crippen LogP contribution in [-0.4, -0.2) is 42.6 Å². The van der Waals surface area contributed by atoms with Crippen molar-refractivity contribution in [3.05, 3.63) is 29.3 Å². The SMILES string of the molecule is CCNc1ccc(C(=O)N2CC(C)OC(C)C2)cc1C. The Labute approximate surface area is 121 Å². The number of anilines is 1. The van der Waals surface area contributed by atoms with Gasteiger partial charge in [-0.3, -0.25) is 4.79 Å². The van der Waals surface area contributed by atoms with E-state index in [-0.39, 0.29) is 18.1 Å². The first-order chi connectivity index (χ1) is 9.51. The zero-order chi connectivity index (χ0) is 14.7. The molecule has 4 heteroatoms. The van der Waals surface area contributed by atoms with Gasteiger partial charge in [0, 0.05) is 30.9 Å². The molecule has 0 saturated carbocycles. The van der Waals surface area contributed by atoms with Crippen molar-refractivity contribution in [2.75, 3.05) is 25.0 Å². The minimum absolute atomic E-state index is 0.0955. The lowest BCUT2D eigenvalue weighted by Gasteiger charge is -2.35. The van der Waals surface area contributed by atoms with Gasteiger partial charge in [-0.2, -0.15) is 0 Å². The molecule has 1 aromatic carbocycles. The number of morpholine rings is 1. The van der Waals surface area contributed by atoms with Crippen molar-refractivity contribution in [1.82, 2.24) is 4.90 Å². The Bertz CT molecular complexity index is 477. The van der Waals surface area contributed by atoms with Gasteiger partial charge in [0.15, 0.2) is 0 Å². The Morgan fingerprint density at radius 2 is 2.00 bits per heavy atom. The van der Waals surface area contributed by atoms with Crippen LogP contribution in [0, 0.1) is 6.92 Å². The number of aryl methyl sites for hydroxylation is 1. The average Bonchev–Trinajstić information content (AvgIpc) is 2.39. The second kappa shape index (κ2) is 6.27. The fourth-order valence-electron chi connectivity index (χ4n) is 2.71. The number of hydrogen-bond donors (Lipinski definition) is 1. The van der Waals surface area contributed by atoms with E-state index in [2.05, 4.69) is 12.2 Å². The molecular weight excluding hydrogens is 252 g/mol. The van der Waals surface area contributed by atoms with E-state index >= 15 is 0 Å². The van der Waals surface area contributed by atoms with Gasteiger partial charge in [0.2, 0.25) is 0 Å². The molecule has 110 valence electrons. The zero-order valence-corrected chi connectivity index (χ0v) is 12.8. The highest BCUT2D eigenvalue weighted by atomic mass is 16.5. The zero-order valence-electron chi connectivity index (χ0n) is 12.8. The third-order valence-electron chi connectivity index (χ3n) is 3.55. The van der Waals surface area contributed by atoms with E-state index in [9.17, 15) is 4.79 Å². The van der Waals surface area contributed by atoms with Crippen LogP contribution in [0.3, 0.4) is 0 Å². The molecule has 2 unspecified atom stereocenters. The van der Waals surface area contributed by atoms with Gasteiger partial charge in [0.05, 0.1) is 12.2 Å². The minimum atomic E-state index is 0.0955. The minimum Gasteiger partial charge on any atom is -0.385 e. The highest BCUT2D eigenvalue weighted by Crippen LogP contribution is 2.19. The number of hydrogen-bond acceptors (Lipinski definition) is 3. The number of benzene rings is 1. The molecule has 1 aliphatic rings. The summed E-state index contributed by atoms with van der Waals surface area (Å²) in [5, 5.41) is 3.29. The standard InChI is InChI=1S/C16H24N2O2/c1-5-17-15-7-6-14(8-11(15)2)16(19)18-9-12(3)20-13(4)10-18/h6-8,12-13,17H,5,9-10H2,1-4H3. The maximum absolute atomic E-state index is 12.6. The maximum Gasteiger partial charge on any atom is 0.254 e. The summed E-state index contributed by atoms with van der Waals surface area (Å²) in [7, 11) is 0. The van der Waals surface area contributed by atoms with Crippen LogP contribution in [-0.2, 0) is 4.74 Å². The molecule has 0 aliphatic carbocycles. The van der Waals surface area contributed by atoms with Gasteiger partial charge < -0.3 is 15.0 Å². The number of ether oxygens (including phenoxy) is 1. The molecule has 4 nitrogen and oxygen atoms in total. The van der Waals surface area contributed by atoms with E-state index in [4.69, 9.17) is 4.74 Å². The van der Waals surface area contributed by atoms with Crippen molar-refractivity contribution in [3.8, 4) is 0 Å². The molecule has 1 aromatic rings. The maximum atomic E-state index is 12.6. The van der Waals surface area contributed by atoms with Gasteiger partial charge >= 0.3 is 0 Å². The molecule has 0 radical (unpaired) electrons. The summed E-state index contributed by atoms with van der Waals surface area (Å²) >= 11 is 0. The molecule has 0 bridgehead atoms. The molecule has 2 rings (SSSR count). The van der Waals surface area contributed by atoms with Crippen molar-refractivity contribution in [3.63, 3.8) is 0 Å². The Hall–Kier alpha value is -1.55. The molecular formula is C16H24N2O2. The normalized spacial score (nSPS) is 22.7. The highest BCUT2D eigenvalue weighted by Gasteiger charge is 2.26. The molecule has 1 heterocycles. The van der Waals surface area contributed by atoms with Crippen molar-refractivity contribution in [2.24, 2.45) is 0 Å². The van der Waals surface area contributed by atoms with Crippen molar-refractivity contribution >= 4 is 11.6 Å². The predicted molar refractivity (Wildman–Crippen MR) is 81.3 cm³/mol. The lowest BCUT2D eigenvalue weighted by molar-refractivity contribution is -0.0586. The van der Waals surface area contributed by atoms with Crippen LogP contribution in [0.1, 0.15) is 36.7 Å². The van der Waals surface area contributed by atoms with E-state index in [0.717, 1.165) is 23.4 Å². The average molecular weight is 276 g/mol. The largest absolute Gasteiger partial charge is 0.385 e. The first-order valence-electron chi connectivity index (χ1n) is 7.30. The molecule has 2 atom stereocenters. The number of nitrogens with zero attached hydrogens (tertiary/aromatic N) is 1. The first kappa shape index (κ1) is 14.9. The van der Waals surface area contributed by atoms with Crippen LogP contribution < -0.4 is 5.32 Å². The summed E-state index contributed by atoms with van der Waals surface area (Å²) in [5.74, 6) is 0.0955. The van der Waals surface area contributed by atoms with Gasteiger partial charge in [0.1, 0.15) is 0 Å². The summed E-state index contributed by atoms with van der Waals surface area (Å²) < 4.78 is 5.67. The summed E-state index contributed by atoms with van der Waals surface area (Å²) in [4.78, 5) is 14.5. The summed E-state index contributed by atoms with van der Waals surface area (Å²) in [5.41, 5.74) is 2.95. The second-order valence-corrected chi connectivity index (χ2v) is 5.53. The fraction of sp³-hybridized carbons (Fsp3) is 0.562. The summed E-state index contributed by atoms with van der Waals surface area (Å²) in [6.07, 6.45) is 0.203. The van der Waals surface area contributed by atoms with E-state index < -0.39 is 0 Å². The number of carbonyl (C=O) groups is 1. The predicted octanol–water partition coefficient (Wildman–Crippen LogP) is 2.68. The van der Waals surface area contributed by atoms with Crippen molar-refractivity contribution in [1.29, 1.82) is 0 Å². The Kier molecular flexibility index (Phi) is 4.65. The van der Waals surface area contributed by atoms with E-state index in [0.29, 0.717) is 13.1 Å². The second-order valence-electron chi connectivity index (χ2n) is 5.53. The molecule has 1 aliphatic heterocycles. The summed E-state index contributed by atoms with van der Waals surface area (Å²) in [6.45, 7) is 10.3. The monoisotopic (exact) mass is 276 g/mol. The molecule has 0 spiro atoms. The fourth-order valence-corrected chi connectivity index (χ4v) is 2.71. The summed E-state index contributed by atoms with van der Waals surface area (Å²) in [6, 6.07) is 5.85. The van der Waals surface area contributed by atoms with Gasteiger partial charge in [-0.1, -0.05) is 0 Å². The lowest BCUT2D eigenvalue weighted by Crippen LogP contribution is -2.48. The van der Waals surface area contributed by atoms with Crippen molar-refractivity contribution in [2.45, 2.75) is 39.9 Å².